The Balaban J connectivity index is 1.57. The average molecular weight is 482 g/mol. The molecule has 1 fully saturated rings. The number of esters is 1. The Labute approximate surface area is 204 Å². The molecule has 0 spiro atoms. The number of pyridine rings is 1. The Morgan fingerprint density at radius 1 is 0.971 bits per heavy atom. The van der Waals surface area contributed by atoms with Gasteiger partial charge in [0.2, 0.25) is 5.91 Å². The van der Waals surface area contributed by atoms with Crippen LogP contribution in [0.4, 0.5) is 0 Å². The van der Waals surface area contributed by atoms with E-state index in [0.717, 1.165) is 17.5 Å². The molecule has 9 heteroatoms. The van der Waals surface area contributed by atoms with Crippen molar-refractivity contribution in [2.75, 3.05) is 39.9 Å². The third-order valence-corrected chi connectivity index (χ3v) is 6.81. The van der Waals surface area contributed by atoms with Gasteiger partial charge in [-0.2, -0.15) is 0 Å². The van der Waals surface area contributed by atoms with Crippen molar-refractivity contribution >= 4 is 17.8 Å². The molecule has 1 aromatic heterocycles. The van der Waals surface area contributed by atoms with E-state index >= 15 is 0 Å². The van der Waals surface area contributed by atoms with Crippen molar-refractivity contribution in [2.24, 2.45) is 0 Å². The molecule has 4 rings (SSSR count). The number of methoxy groups -OCH3 is 1. The molecule has 9 nitrogen and oxygen atoms in total. The number of benzene rings is 1. The Morgan fingerprint density at radius 3 is 2.46 bits per heavy atom. The number of aryl methyl sites for hydroxylation is 2. The predicted molar refractivity (Wildman–Crippen MR) is 129 cm³/mol. The van der Waals surface area contributed by atoms with E-state index < -0.39 is 5.97 Å². The highest BCUT2D eigenvalue weighted by Gasteiger charge is 2.28. The van der Waals surface area contributed by atoms with E-state index in [0.29, 0.717) is 50.3 Å². The maximum Gasteiger partial charge on any atom is 0.343 e. The van der Waals surface area contributed by atoms with Gasteiger partial charge in [0, 0.05) is 56.3 Å². The van der Waals surface area contributed by atoms with E-state index in [-0.39, 0.29) is 41.8 Å². The van der Waals surface area contributed by atoms with Crippen LogP contribution in [0.1, 0.15) is 50.4 Å². The highest BCUT2D eigenvalue weighted by atomic mass is 16.5. The van der Waals surface area contributed by atoms with Crippen LogP contribution in [0.15, 0.2) is 29.1 Å². The largest absolute Gasteiger partial charge is 0.491 e. The summed E-state index contributed by atoms with van der Waals surface area (Å²) in [6, 6.07) is 6.90. The minimum atomic E-state index is -0.602. The molecule has 2 aliphatic heterocycles. The number of carbonyl (C=O) groups excluding carboxylic acids is 3. The van der Waals surface area contributed by atoms with Gasteiger partial charge in [-0.1, -0.05) is 6.07 Å². The lowest BCUT2D eigenvalue weighted by Crippen LogP contribution is -2.34. The third-order valence-electron chi connectivity index (χ3n) is 6.81. The molecule has 1 aromatic carbocycles. The maximum absolute atomic E-state index is 13.2. The monoisotopic (exact) mass is 481 g/mol. The van der Waals surface area contributed by atoms with Gasteiger partial charge in [0.1, 0.15) is 17.9 Å². The van der Waals surface area contributed by atoms with Gasteiger partial charge in [0.15, 0.2) is 0 Å². The summed E-state index contributed by atoms with van der Waals surface area (Å²) in [6.07, 6.45) is 1.66. The van der Waals surface area contributed by atoms with Crippen LogP contribution in [0, 0.1) is 13.8 Å². The smallest absolute Gasteiger partial charge is 0.343 e. The molecule has 0 atom stereocenters. The summed E-state index contributed by atoms with van der Waals surface area (Å²) >= 11 is 0. The Morgan fingerprint density at radius 2 is 1.77 bits per heavy atom. The first kappa shape index (κ1) is 24.5. The van der Waals surface area contributed by atoms with E-state index in [4.69, 9.17) is 9.47 Å². The molecule has 186 valence electrons. The van der Waals surface area contributed by atoms with Crippen molar-refractivity contribution in [1.82, 2.24) is 14.4 Å². The van der Waals surface area contributed by atoms with Gasteiger partial charge in [0.25, 0.3) is 11.5 Å². The van der Waals surface area contributed by atoms with Gasteiger partial charge in [-0.05, 0) is 43.5 Å². The molecule has 2 aromatic rings. The van der Waals surface area contributed by atoms with Crippen LogP contribution in [0.3, 0.4) is 0 Å². The van der Waals surface area contributed by atoms with Gasteiger partial charge in [-0.25, -0.2) is 4.79 Å². The number of likely N-dealkylation sites (tertiary alicyclic amines) is 1. The first-order valence-corrected chi connectivity index (χ1v) is 11.9. The highest BCUT2D eigenvalue weighted by Crippen LogP contribution is 2.25. The highest BCUT2D eigenvalue weighted by molar-refractivity contribution is 5.95. The number of amides is 2. The van der Waals surface area contributed by atoms with Crippen LogP contribution < -0.4 is 10.3 Å². The Hall–Kier alpha value is -3.62. The van der Waals surface area contributed by atoms with Crippen molar-refractivity contribution in [3.63, 3.8) is 0 Å². The zero-order valence-electron chi connectivity index (χ0n) is 20.5. The summed E-state index contributed by atoms with van der Waals surface area (Å²) in [5, 5.41) is 0. The zero-order valence-corrected chi connectivity index (χ0v) is 20.5. The van der Waals surface area contributed by atoms with Gasteiger partial charge >= 0.3 is 5.97 Å². The topological polar surface area (TPSA) is 98.2 Å². The molecule has 0 unspecified atom stereocenters. The summed E-state index contributed by atoms with van der Waals surface area (Å²) in [5.41, 5.74) is 3.13. The Kier molecular flexibility index (Phi) is 7.23. The number of hydrogen-bond donors (Lipinski definition) is 0. The van der Waals surface area contributed by atoms with Crippen LogP contribution in [-0.4, -0.2) is 72.0 Å². The lowest BCUT2D eigenvalue weighted by molar-refractivity contribution is -0.128. The van der Waals surface area contributed by atoms with E-state index in [1.165, 1.54) is 17.7 Å². The summed E-state index contributed by atoms with van der Waals surface area (Å²) in [4.78, 5) is 54.2. The quantitative estimate of drug-likeness (QED) is 0.585. The molecular weight excluding hydrogens is 450 g/mol. The summed E-state index contributed by atoms with van der Waals surface area (Å²) in [7, 11) is 1.28. The van der Waals surface area contributed by atoms with Gasteiger partial charge in [0.05, 0.1) is 13.7 Å². The van der Waals surface area contributed by atoms with Crippen molar-refractivity contribution in [3.05, 3.63) is 62.6 Å². The van der Waals surface area contributed by atoms with Gasteiger partial charge in [-0.3, -0.25) is 14.4 Å². The molecule has 0 N–H and O–H groups in total. The van der Waals surface area contributed by atoms with Gasteiger partial charge in [-0.15, -0.1) is 0 Å². The first-order chi connectivity index (χ1) is 16.8. The van der Waals surface area contributed by atoms with E-state index in [2.05, 4.69) is 0 Å². The predicted octanol–water partition coefficient (Wildman–Crippen LogP) is 1.95. The first-order valence-electron chi connectivity index (χ1n) is 11.9. The minimum absolute atomic E-state index is 0.0809. The number of ether oxygens (including phenoxy) is 2. The molecule has 2 aliphatic rings. The van der Waals surface area contributed by atoms with Crippen LogP contribution in [-0.2, 0) is 22.5 Å². The second-order valence-corrected chi connectivity index (χ2v) is 8.99. The average Bonchev–Trinajstić information content (AvgIpc) is 3.11. The fourth-order valence-electron chi connectivity index (χ4n) is 4.65. The molecular formula is C26H31N3O6. The molecule has 0 saturated carbocycles. The maximum atomic E-state index is 13.2. The number of fused-ring (bicyclic) bond motifs is 1. The normalized spacial score (nSPS) is 15.6. The summed E-state index contributed by atoms with van der Waals surface area (Å²) < 4.78 is 12.4. The lowest BCUT2D eigenvalue weighted by Gasteiger charge is -2.20. The standard InChI is InChI=1S/C26H31N3O6/c1-17-6-7-19(15-18(17)2)25(32)28-10-8-20-24(26(33)34-3)21(16-23(31)29(20)12-11-28)35-14-13-27-9-4-5-22(27)30/h6-7,15-16H,4-5,8-14H2,1-3H3. The van der Waals surface area contributed by atoms with Crippen molar-refractivity contribution in [3.8, 4) is 5.75 Å². The lowest BCUT2D eigenvalue weighted by atomic mass is 10.1. The summed E-state index contributed by atoms with van der Waals surface area (Å²) in [6.45, 7) is 6.15. The summed E-state index contributed by atoms with van der Waals surface area (Å²) in [5.74, 6) is -0.485. The van der Waals surface area contributed by atoms with E-state index in [1.54, 1.807) is 9.80 Å². The number of aromatic nitrogens is 1. The van der Waals surface area contributed by atoms with E-state index in [9.17, 15) is 19.2 Å². The Bertz CT molecular complexity index is 1220. The molecule has 35 heavy (non-hydrogen) atoms. The van der Waals surface area contributed by atoms with E-state index in [1.807, 2.05) is 32.0 Å². The number of hydrogen-bond acceptors (Lipinski definition) is 6. The van der Waals surface area contributed by atoms with Crippen LogP contribution >= 0.6 is 0 Å². The molecule has 0 bridgehead atoms. The van der Waals surface area contributed by atoms with Crippen LogP contribution in [0.2, 0.25) is 0 Å². The van der Waals surface area contributed by atoms with Crippen LogP contribution in [0.5, 0.6) is 5.75 Å². The van der Waals surface area contributed by atoms with Gasteiger partial charge < -0.3 is 23.8 Å². The second kappa shape index (κ2) is 10.3. The number of carbonyl (C=O) groups is 3. The minimum Gasteiger partial charge on any atom is -0.491 e. The van der Waals surface area contributed by atoms with Crippen molar-refractivity contribution in [2.45, 2.75) is 39.7 Å². The fourth-order valence-corrected chi connectivity index (χ4v) is 4.65. The number of nitrogens with zero attached hydrogens (tertiary/aromatic N) is 3. The second-order valence-electron chi connectivity index (χ2n) is 8.99. The molecule has 0 radical (unpaired) electrons. The SMILES string of the molecule is COC(=O)c1c(OCCN2CCCC2=O)cc(=O)n2c1CCN(C(=O)c1ccc(C)c(C)c1)CC2. The van der Waals surface area contributed by atoms with Crippen LogP contribution in [0.25, 0.3) is 0 Å². The molecule has 3 heterocycles. The zero-order chi connectivity index (χ0) is 25.1. The third kappa shape index (κ3) is 5.08. The fraction of sp³-hybridized carbons (Fsp3) is 0.462. The molecule has 1 saturated heterocycles. The molecule has 0 aliphatic carbocycles. The number of rotatable bonds is 6. The van der Waals surface area contributed by atoms with Crippen molar-refractivity contribution < 1.29 is 23.9 Å². The van der Waals surface area contributed by atoms with Crippen molar-refractivity contribution in [1.29, 1.82) is 0 Å². The molecule has 2 amide bonds.